The molecular formula is C18H29N3O3S. The summed E-state index contributed by atoms with van der Waals surface area (Å²) >= 11 is 0. The molecule has 0 bridgehead atoms. The molecule has 1 aromatic rings. The second-order valence-corrected chi connectivity index (χ2v) is 9.68. The molecule has 2 rings (SSSR count). The van der Waals surface area contributed by atoms with Gasteiger partial charge in [-0.05, 0) is 30.0 Å². The van der Waals surface area contributed by atoms with Crippen LogP contribution in [0.4, 0.5) is 0 Å². The van der Waals surface area contributed by atoms with Gasteiger partial charge in [0.25, 0.3) is 0 Å². The van der Waals surface area contributed by atoms with E-state index >= 15 is 0 Å². The molecule has 7 heteroatoms. The third-order valence-corrected chi connectivity index (χ3v) is 6.36. The van der Waals surface area contributed by atoms with Crippen LogP contribution in [0.25, 0.3) is 0 Å². The van der Waals surface area contributed by atoms with E-state index in [-0.39, 0.29) is 17.4 Å². The number of sulfonamides is 1. The first-order valence-electron chi connectivity index (χ1n) is 8.66. The zero-order valence-corrected chi connectivity index (χ0v) is 16.3. The van der Waals surface area contributed by atoms with Crippen molar-refractivity contribution < 1.29 is 13.2 Å². The summed E-state index contributed by atoms with van der Waals surface area (Å²) in [7, 11) is -3.53. The summed E-state index contributed by atoms with van der Waals surface area (Å²) in [5.41, 5.74) is 6.74. The SMILES string of the molecule is CC(N)CC(=O)N1CCN(S(=O)(=O)c2ccc(C(C)(C)C)cc2)CC1. The number of hydrogen-bond donors (Lipinski definition) is 1. The van der Waals surface area contributed by atoms with Crippen molar-refractivity contribution in [3.05, 3.63) is 29.8 Å². The Bertz CT molecular complexity index is 698. The Morgan fingerprint density at radius 3 is 2.08 bits per heavy atom. The fraction of sp³-hybridized carbons (Fsp3) is 0.611. The van der Waals surface area contributed by atoms with E-state index in [2.05, 4.69) is 20.8 Å². The minimum Gasteiger partial charge on any atom is -0.340 e. The Morgan fingerprint density at radius 1 is 1.12 bits per heavy atom. The van der Waals surface area contributed by atoms with E-state index in [4.69, 9.17) is 5.73 Å². The molecule has 1 fully saturated rings. The molecule has 0 spiro atoms. The van der Waals surface area contributed by atoms with Crippen LogP contribution in [-0.2, 0) is 20.2 Å². The predicted octanol–water partition coefficient (Wildman–Crippen LogP) is 1.55. The van der Waals surface area contributed by atoms with E-state index < -0.39 is 10.0 Å². The zero-order valence-electron chi connectivity index (χ0n) is 15.5. The van der Waals surface area contributed by atoms with Crippen LogP contribution >= 0.6 is 0 Å². The number of hydrogen-bond acceptors (Lipinski definition) is 4. The van der Waals surface area contributed by atoms with Crippen molar-refractivity contribution in [2.45, 2.75) is 50.5 Å². The number of nitrogens with zero attached hydrogens (tertiary/aromatic N) is 2. The average Bonchev–Trinajstić information content (AvgIpc) is 2.53. The molecule has 0 aromatic heterocycles. The highest BCUT2D eigenvalue weighted by atomic mass is 32.2. The molecule has 1 amide bonds. The number of carbonyl (C=O) groups is 1. The second-order valence-electron chi connectivity index (χ2n) is 7.74. The van der Waals surface area contributed by atoms with Crippen LogP contribution in [0, 0.1) is 0 Å². The molecule has 1 heterocycles. The van der Waals surface area contributed by atoms with Crippen molar-refractivity contribution in [1.82, 2.24) is 9.21 Å². The molecule has 0 radical (unpaired) electrons. The molecule has 1 aliphatic heterocycles. The zero-order chi connectivity index (χ0) is 18.8. The lowest BCUT2D eigenvalue weighted by Crippen LogP contribution is -2.51. The Hall–Kier alpha value is -1.44. The first-order valence-corrected chi connectivity index (χ1v) is 10.1. The lowest BCUT2D eigenvalue weighted by atomic mass is 9.87. The summed E-state index contributed by atoms with van der Waals surface area (Å²) in [6, 6.07) is 6.90. The maximum Gasteiger partial charge on any atom is 0.243 e. The van der Waals surface area contributed by atoms with Crippen molar-refractivity contribution >= 4 is 15.9 Å². The largest absolute Gasteiger partial charge is 0.340 e. The van der Waals surface area contributed by atoms with Crippen LogP contribution in [0.1, 0.15) is 39.7 Å². The summed E-state index contributed by atoms with van der Waals surface area (Å²) in [5, 5.41) is 0. The van der Waals surface area contributed by atoms with Crippen LogP contribution in [0.15, 0.2) is 29.2 Å². The van der Waals surface area contributed by atoms with Crippen molar-refractivity contribution in [2.75, 3.05) is 26.2 Å². The summed E-state index contributed by atoms with van der Waals surface area (Å²) in [4.78, 5) is 14.0. The number of piperazine rings is 1. The second kappa shape index (κ2) is 7.43. The van der Waals surface area contributed by atoms with E-state index in [0.717, 1.165) is 5.56 Å². The minimum atomic E-state index is -3.53. The van der Waals surface area contributed by atoms with Gasteiger partial charge in [0.05, 0.1) is 4.90 Å². The molecule has 0 saturated carbocycles. The highest BCUT2D eigenvalue weighted by Gasteiger charge is 2.30. The standard InChI is InChI=1S/C18H29N3O3S/c1-14(19)13-17(22)20-9-11-21(12-10-20)25(23,24)16-7-5-15(6-8-16)18(2,3)4/h5-8,14H,9-13,19H2,1-4H3. The molecule has 1 saturated heterocycles. The van der Waals surface area contributed by atoms with Crippen LogP contribution in [0.5, 0.6) is 0 Å². The van der Waals surface area contributed by atoms with Gasteiger partial charge in [-0.1, -0.05) is 32.9 Å². The van der Waals surface area contributed by atoms with Crippen LogP contribution < -0.4 is 5.73 Å². The highest BCUT2D eigenvalue weighted by molar-refractivity contribution is 7.89. The van der Waals surface area contributed by atoms with Crippen molar-refractivity contribution in [1.29, 1.82) is 0 Å². The number of carbonyl (C=O) groups excluding carboxylic acids is 1. The smallest absolute Gasteiger partial charge is 0.243 e. The molecule has 2 N–H and O–H groups in total. The molecule has 1 unspecified atom stereocenters. The topological polar surface area (TPSA) is 83.7 Å². The fourth-order valence-electron chi connectivity index (χ4n) is 2.86. The van der Waals surface area contributed by atoms with Gasteiger partial charge in [-0.25, -0.2) is 8.42 Å². The number of nitrogens with two attached hydrogens (primary N) is 1. The maximum absolute atomic E-state index is 12.8. The van der Waals surface area contributed by atoms with Crippen LogP contribution in [-0.4, -0.2) is 55.8 Å². The van der Waals surface area contributed by atoms with Crippen LogP contribution in [0.3, 0.4) is 0 Å². The monoisotopic (exact) mass is 367 g/mol. The third kappa shape index (κ3) is 4.80. The Labute approximate surface area is 151 Å². The average molecular weight is 368 g/mol. The molecule has 0 aliphatic carbocycles. The molecular weight excluding hydrogens is 338 g/mol. The van der Waals surface area contributed by atoms with Gasteiger partial charge in [0.1, 0.15) is 0 Å². The summed E-state index contributed by atoms with van der Waals surface area (Å²) in [6.07, 6.45) is 0.293. The van der Waals surface area contributed by atoms with Gasteiger partial charge in [-0.3, -0.25) is 4.79 Å². The van der Waals surface area contributed by atoms with Gasteiger partial charge in [0, 0.05) is 38.6 Å². The first kappa shape index (κ1) is 19.9. The fourth-order valence-corrected chi connectivity index (χ4v) is 4.28. The molecule has 25 heavy (non-hydrogen) atoms. The Kier molecular flexibility index (Phi) is 5.91. The normalized spacial score (nSPS) is 18.2. The molecule has 1 aromatic carbocycles. The van der Waals surface area contributed by atoms with E-state index in [0.29, 0.717) is 37.5 Å². The van der Waals surface area contributed by atoms with E-state index in [1.807, 2.05) is 12.1 Å². The Morgan fingerprint density at radius 2 is 1.64 bits per heavy atom. The van der Waals surface area contributed by atoms with Gasteiger partial charge in [-0.2, -0.15) is 4.31 Å². The van der Waals surface area contributed by atoms with E-state index in [1.165, 1.54) is 4.31 Å². The maximum atomic E-state index is 12.8. The van der Waals surface area contributed by atoms with Crippen molar-refractivity contribution in [3.8, 4) is 0 Å². The minimum absolute atomic E-state index is 0.0124. The van der Waals surface area contributed by atoms with Gasteiger partial charge in [0.15, 0.2) is 0 Å². The summed E-state index contributed by atoms with van der Waals surface area (Å²) in [5.74, 6) is -0.0124. The lowest BCUT2D eigenvalue weighted by molar-refractivity contribution is -0.132. The van der Waals surface area contributed by atoms with Gasteiger partial charge in [0.2, 0.25) is 15.9 Å². The highest BCUT2D eigenvalue weighted by Crippen LogP contribution is 2.25. The molecule has 1 atom stereocenters. The van der Waals surface area contributed by atoms with E-state index in [9.17, 15) is 13.2 Å². The van der Waals surface area contributed by atoms with Gasteiger partial charge in [-0.15, -0.1) is 0 Å². The summed E-state index contributed by atoms with van der Waals surface area (Å²) < 4.78 is 27.1. The molecule has 140 valence electrons. The summed E-state index contributed by atoms with van der Waals surface area (Å²) in [6.45, 7) is 9.51. The van der Waals surface area contributed by atoms with Gasteiger partial charge >= 0.3 is 0 Å². The first-order chi connectivity index (χ1) is 11.5. The van der Waals surface area contributed by atoms with Gasteiger partial charge < -0.3 is 10.6 Å². The van der Waals surface area contributed by atoms with E-state index in [1.54, 1.807) is 24.0 Å². The molecule has 1 aliphatic rings. The predicted molar refractivity (Wildman–Crippen MR) is 98.7 cm³/mol. The Balaban J connectivity index is 2.05. The van der Waals surface area contributed by atoms with Crippen LogP contribution in [0.2, 0.25) is 0 Å². The number of rotatable bonds is 4. The number of amides is 1. The number of benzene rings is 1. The quantitative estimate of drug-likeness (QED) is 0.875. The lowest BCUT2D eigenvalue weighted by Gasteiger charge is -2.34. The van der Waals surface area contributed by atoms with Crippen molar-refractivity contribution in [3.63, 3.8) is 0 Å². The van der Waals surface area contributed by atoms with Crippen molar-refractivity contribution in [2.24, 2.45) is 5.73 Å². The molecule has 6 nitrogen and oxygen atoms in total. The third-order valence-electron chi connectivity index (χ3n) is 4.45.